The van der Waals surface area contributed by atoms with Crippen molar-refractivity contribution in [1.82, 2.24) is 10.8 Å². The first-order valence-corrected chi connectivity index (χ1v) is 4.95. The summed E-state index contributed by atoms with van der Waals surface area (Å²) >= 11 is 3.36. The zero-order valence-corrected chi connectivity index (χ0v) is 9.09. The van der Waals surface area contributed by atoms with Crippen molar-refractivity contribution in [3.63, 3.8) is 0 Å². The molecule has 2 rings (SSSR count). The first kappa shape index (κ1) is 9.48. The van der Waals surface area contributed by atoms with Crippen molar-refractivity contribution in [2.24, 2.45) is 0 Å². The Morgan fingerprint density at radius 2 is 2.43 bits per heavy atom. The number of rotatable bonds is 1. The lowest BCUT2D eigenvalue weighted by Gasteiger charge is -2.09. The predicted molar refractivity (Wildman–Crippen MR) is 54.5 cm³/mol. The maximum atomic E-state index is 10.9. The Hall–Kier alpha value is -1.07. The van der Waals surface area contributed by atoms with E-state index >= 15 is 0 Å². The third-order valence-corrected chi connectivity index (χ3v) is 2.41. The fourth-order valence-electron chi connectivity index (χ4n) is 1.33. The van der Waals surface area contributed by atoms with Crippen LogP contribution in [0, 0.1) is 0 Å². The molecule has 74 valence electrons. The molecule has 2 N–H and O–H groups in total. The van der Waals surface area contributed by atoms with E-state index in [0.29, 0.717) is 0 Å². The monoisotopic (exact) mass is 256 g/mol. The second-order valence-electron chi connectivity index (χ2n) is 3.04. The van der Waals surface area contributed by atoms with E-state index < -0.39 is 0 Å². The van der Waals surface area contributed by atoms with Crippen LogP contribution >= 0.6 is 15.9 Å². The molecule has 1 aromatic carbocycles. The van der Waals surface area contributed by atoms with Crippen LogP contribution in [-0.4, -0.2) is 5.91 Å². The molecule has 0 bridgehead atoms. The van der Waals surface area contributed by atoms with Crippen molar-refractivity contribution in [2.45, 2.75) is 13.1 Å². The van der Waals surface area contributed by atoms with E-state index in [1.807, 2.05) is 18.2 Å². The van der Waals surface area contributed by atoms with Crippen molar-refractivity contribution in [2.75, 3.05) is 0 Å². The van der Waals surface area contributed by atoms with Gasteiger partial charge in [0.1, 0.15) is 6.17 Å². The van der Waals surface area contributed by atoms with Gasteiger partial charge >= 0.3 is 0 Å². The summed E-state index contributed by atoms with van der Waals surface area (Å²) in [5.74, 6) is 0.644. The lowest BCUT2D eigenvalue weighted by atomic mass is 10.1. The van der Waals surface area contributed by atoms with Gasteiger partial charge in [0.2, 0.25) is 5.91 Å². The van der Waals surface area contributed by atoms with Gasteiger partial charge in [0.15, 0.2) is 5.75 Å². The van der Waals surface area contributed by atoms with Gasteiger partial charge in [0.25, 0.3) is 0 Å². The standard InChI is InChI=1S/C9H9BrN2O2/c1-5(13)11-9-7-4-6(10)2-3-8(7)14-12-9/h2-4,9,12H,1H3,(H,11,13). The van der Waals surface area contributed by atoms with Crippen LogP contribution in [0.3, 0.4) is 0 Å². The van der Waals surface area contributed by atoms with Gasteiger partial charge in [-0.05, 0) is 18.2 Å². The van der Waals surface area contributed by atoms with Gasteiger partial charge in [-0.1, -0.05) is 15.9 Å². The maximum absolute atomic E-state index is 10.9. The average molecular weight is 257 g/mol. The summed E-state index contributed by atoms with van der Waals surface area (Å²) < 4.78 is 0.957. The summed E-state index contributed by atoms with van der Waals surface area (Å²) in [5.41, 5.74) is 3.65. The number of carbonyl (C=O) groups excluding carboxylic acids is 1. The molecule has 1 heterocycles. The highest BCUT2D eigenvalue weighted by Gasteiger charge is 2.24. The van der Waals surface area contributed by atoms with E-state index in [-0.39, 0.29) is 12.1 Å². The molecule has 1 unspecified atom stereocenters. The first-order chi connectivity index (χ1) is 6.66. The van der Waals surface area contributed by atoms with E-state index in [1.165, 1.54) is 6.92 Å². The van der Waals surface area contributed by atoms with Crippen molar-refractivity contribution in [1.29, 1.82) is 0 Å². The average Bonchev–Trinajstić information content (AvgIpc) is 2.47. The fourth-order valence-corrected chi connectivity index (χ4v) is 1.71. The smallest absolute Gasteiger partial charge is 0.218 e. The lowest BCUT2D eigenvalue weighted by molar-refractivity contribution is -0.120. The highest BCUT2D eigenvalue weighted by atomic mass is 79.9. The van der Waals surface area contributed by atoms with Crippen LogP contribution in [-0.2, 0) is 4.79 Å². The summed E-state index contributed by atoms with van der Waals surface area (Å²) in [5, 5.41) is 2.73. The van der Waals surface area contributed by atoms with Crippen LogP contribution in [0.4, 0.5) is 0 Å². The Labute approximate surface area is 89.7 Å². The van der Waals surface area contributed by atoms with Gasteiger partial charge in [-0.15, -0.1) is 5.48 Å². The minimum absolute atomic E-state index is 0.0982. The van der Waals surface area contributed by atoms with Crippen molar-refractivity contribution in [3.8, 4) is 5.75 Å². The Balaban J connectivity index is 2.28. The van der Waals surface area contributed by atoms with Gasteiger partial charge < -0.3 is 10.2 Å². The number of benzene rings is 1. The SMILES string of the molecule is CC(=O)NC1NOc2ccc(Br)cc21. The number of hydrogen-bond donors (Lipinski definition) is 2. The van der Waals surface area contributed by atoms with Gasteiger partial charge in [-0.2, -0.15) is 0 Å². The summed E-state index contributed by atoms with van der Waals surface area (Å²) in [4.78, 5) is 16.1. The zero-order chi connectivity index (χ0) is 10.1. The van der Waals surface area contributed by atoms with E-state index in [4.69, 9.17) is 4.84 Å². The number of nitrogens with one attached hydrogen (secondary N) is 2. The second-order valence-corrected chi connectivity index (χ2v) is 3.95. The number of hydrogen-bond acceptors (Lipinski definition) is 3. The molecule has 0 aliphatic carbocycles. The lowest BCUT2D eigenvalue weighted by Crippen LogP contribution is -2.33. The fraction of sp³-hybridized carbons (Fsp3) is 0.222. The van der Waals surface area contributed by atoms with E-state index in [2.05, 4.69) is 26.7 Å². The predicted octanol–water partition coefficient (Wildman–Crippen LogP) is 1.48. The van der Waals surface area contributed by atoms with E-state index in [0.717, 1.165) is 15.8 Å². The molecule has 1 amide bonds. The highest BCUT2D eigenvalue weighted by Crippen LogP contribution is 2.31. The first-order valence-electron chi connectivity index (χ1n) is 4.16. The molecule has 0 fully saturated rings. The van der Waals surface area contributed by atoms with Gasteiger partial charge in [-0.25, -0.2) is 0 Å². The minimum atomic E-state index is -0.264. The Morgan fingerprint density at radius 3 is 3.14 bits per heavy atom. The molecule has 0 aromatic heterocycles. The Kier molecular flexibility index (Phi) is 2.43. The molecule has 14 heavy (non-hydrogen) atoms. The highest BCUT2D eigenvalue weighted by molar-refractivity contribution is 9.10. The molecule has 0 spiro atoms. The number of amides is 1. The maximum Gasteiger partial charge on any atom is 0.218 e. The van der Waals surface area contributed by atoms with Gasteiger partial charge in [-0.3, -0.25) is 4.79 Å². The number of carbonyl (C=O) groups is 1. The Bertz CT molecular complexity index is 381. The van der Waals surface area contributed by atoms with Crippen molar-refractivity contribution < 1.29 is 9.63 Å². The molecule has 1 aromatic rings. The molecule has 1 aliphatic heterocycles. The number of fused-ring (bicyclic) bond motifs is 1. The topological polar surface area (TPSA) is 50.4 Å². The minimum Gasteiger partial charge on any atom is -0.406 e. The molecule has 0 radical (unpaired) electrons. The van der Waals surface area contributed by atoms with Crippen molar-refractivity contribution >= 4 is 21.8 Å². The molecule has 4 nitrogen and oxygen atoms in total. The molecule has 0 saturated heterocycles. The summed E-state index contributed by atoms with van der Waals surface area (Å²) in [6, 6.07) is 5.64. The van der Waals surface area contributed by atoms with Crippen LogP contribution < -0.4 is 15.6 Å². The third-order valence-electron chi connectivity index (χ3n) is 1.92. The largest absolute Gasteiger partial charge is 0.406 e. The van der Waals surface area contributed by atoms with Crippen LogP contribution in [0.2, 0.25) is 0 Å². The third kappa shape index (κ3) is 1.73. The van der Waals surface area contributed by atoms with Crippen LogP contribution in [0.15, 0.2) is 22.7 Å². The van der Waals surface area contributed by atoms with Crippen molar-refractivity contribution in [3.05, 3.63) is 28.2 Å². The van der Waals surface area contributed by atoms with Gasteiger partial charge in [0, 0.05) is 17.0 Å². The quantitative estimate of drug-likeness (QED) is 0.801. The molecule has 5 heteroatoms. The number of hydroxylamine groups is 1. The van der Waals surface area contributed by atoms with Gasteiger partial charge in [0.05, 0.1) is 0 Å². The van der Waals surface area contributed by atoms with Crippen LogP contribution in [0.25, 0.3) is 0 Å². The van der Waals surface area contributed by atoms with E-state index in [9.17, 15) is 4.79 Å². The summed E-state index contributed by atoms with van der Waals surface area (Å²) in [6.07, 6.45) is -0.264. The van der Waals surface area contributed by atoms with E-state index in [1.54, 1.807) is 0 Å². The second kappa shape index (κ2) is 3.59. The van der Waals surface area contributed by atoms with Crippen LogP contribution in [0.5, 0.6) is 5.75 Å². The number of halogens is 1. The summed E-state index contributed by atoms with van der Waals surface area (Å²) in [6.45, 7) is 1.47. The van der Waals surface area contributed by atoms with Crippen LogP contribution in [0.1, 0.15) is 18.7 Å². The Morgan fingerprint density at radius 1 is 1.64 bits per heavy atom. The normalized spacial score (nSPS) is 18.6. The molecular weight excluding hydrogens is 248 g/mol. The summed E-state index contributed by atoms with van der Waals surface area (Å²) in [7, 11) is 0. The zero-order valence-electron chi connectivity index (χ0n) is 7.50. The molecular formula is C9H9BrN2O2. The molecule has 0 saturated carbocycles. The molecule has 1 atom stereocenters. The molecule has 1 aliphatic rings.